The zero-order valence-corrected chi connectivity index (χ0v) is 19.9. The zero-order valence-electron chi connectivity index (χ0n) is 19.9. The number of aliphatic hydroxyl groups is 4. The Hall–Kier alpha value is -0.200. The number of hydrogen-bond acceptors (Lipinski definition) is 5. The Labute approximate surface area is 179 Å². The third kappa shape index (κ3) is 9.65. The molecule has 0 saturated carbocycles. The minimum atomic E-state index is -1.61. The highest BCUT2D eigenvalue weighted by Gasteiger charge is 2.45. The Kier molecular flexibility index (Phi) is 15.5. The van der Waals surface area contributed by atoms with Crippen LogP contribution < -0.4 is 0 Å². The standard InChI is InChI=1S/C24H50O5/c1-7-13-16-18(10-4)17-24(28,20(12-6)22(26)15-9-3)29-23(27)19(11-5)21(25)14-8-2/h18-23,25-28H,7-17H2,1-6H3. The van der Waals surface area contributed by atoms with Gasteiger partial charge in [0.15, 0.2) is 12.1 Å². The average Bonchev–Trinajstić information content (AvgIpc) is 2.66. The van der Waals surface area contributed by atoms with E-state index in [1.54, 1.807) is 0 Å². The molecule has 0 heterocycles. The lowest BCUT2D eigenvalue weighted by molar-refractivity contribution is -0.335. The van der Waals surface area contributed by atoms with Crippen molar-refractivity contribution in [2.24, 2.45) is 17.8 Å². The molecule has 0 aromatic heterocycles. The molecule has 176 valence electrons. The normalized spacial score (nSPS) is 20.5. The van der Waals surface area contributed by atoms with Crippen LogP contribution in [0.1, 0.15) is 112 Å². The molecule has 0 amide bonds. The first-order valence-electron chi connectivity index (χ1n) is 12.2. The van der Waals surface area contributed by atoms with Crippen molar-refractivity contribution in [3.8, 4) is 0 Å². The highest BCUT2D eigenvalue weighted by molar-refractivity contribution is 4.86. The van der Waals surface area contributed by atoms with Crippen molar-refractivity contribution in [2.75, 3.05) is 0 Å². The van der Waals surface area contributed by atoms with Crippen LogP contribution >= 0.6 is 0 Å². The molecule has 5 heteroatoms. The molecule has 0 aromatic carbocycles. The van der Waals surface area contributed by atoms with Crippen LogP contribution in [0.25, 0.3) is 0 Å². The molecule has 0 bridgehead atoms. The zero-order chi connectivity index (χ0) is 22.4. The molecule has 0 saturated heterocycles. The summed E-state index contributed by atoms with van der Waals surface area (Å²) in [6.07, 6.45) is 5.75. The Morgan fingerprint density at radius 2 is 1.31 bits per heavy atom. The van der Waals surface area contributed by atoms with E-state index >= 15 is 0 Å². The van der Waals surface area contributed by atoms with E-state index < -0.39 is 36.1 Å². The number of ether oxygens (including phenoxy) is 1. The van der Waals surface area contributed by atoms with Gasteiger partial charge in [0.25, 0.3) is 0 Å². The molecule has 0 aromatic rings. The first-order chi connectivity index (χ1) is 13.7. The lowest BCUT2D eigenvalue weighted by Gasteiger charge is -2.43. The van der Waals surface area contributed by atoms with Crippen LogP contribution in [0.2, 0.25) is 0 Å². The molecular formula is C24H50O5. The smallest absolute Gasteiger partial charge is 0.174 e. The van der Waals surface area contributed by atoms with E-state index in [2.05, 4.69) is 13.8 Å². The van der Waals surface area contributed by atoms with Crippen LogP contribution in [-0.2, 0) is 4.74 Å². The Bertz CT molecular complexity index is 391. The summed E-state index contributed by atoms with van der Waals surface area (Å²) in [5, 5.41) is 43.7. The van der Waals surface area contributed by atoms with Crippen LogP contribution in [0.5, 0.6) is 0 Å². The van der Waals surface area contributed by atoms with Gasteiger partial charge in [-0.3, -0.25) is 0 Å². The maximum absolute atomic E-state index is 11.7. The molecular weight excluding hydrogens is 368 g/mol. The van der Waals surface area contributed by atoms with Crippen molar-refractivity contribution < 1.29 is 25.2 Å². The fourth-order valence-electron chi connectivity index (χ4n) is 4.50. The average molecular weight is 419 g/mol. The lowest BCUT2D eigenvalue weighted by atomic mass is 9.80. The predicted molar refractivity (Wildman–Crippen MR) is 119 cm³/mol. The summed E-state index contributed by atoms with van der Waals surface area (Å²) in [6.45, 7) is 12.1. The van der Waals surface area contributed by atoms with Crippen molar-refractivity contribution in [1.29, 1.82) is 0 Å². The molecule has 0 aliphatic carbocycles. The van der Waals surface area contributed by atoms with E-state index in [4.69, 9.17) is 4.74 Å². The van der Waals surface area contributed by atoms with Crippen LogP contribution in [-0.4, -0.2) is 44.7 Å². The van der Waals surface area contributed by atoms with E-state index in [0.29, 0.717) is 32.1 Å². The van der Waals surface area contributed by atoms with E-state index in [1.807, 2.05) is 27.7 Å². The molecule has 0 radical (unpaired) electrons. The summed E-state index contributed by atoms with van der Waals surface area (Å²) in [4.78, 5) is 0. The largest absolute Gasteiger partial charge is 0.393 e. The van der Waals surface area contributed by atoms with Crippen LogP contribution in [0, 0.1) is 17.8 Å². The molecule has 0 spiro atoms. The van der Waals surface area contributed by atoms with E-state index in [0.717, 1.165) is 38.5 Å². The molecule has 0 aliphatic rings. The summed E-state index contributed by atoms with van der Waals surface area (Å²) < 4.78 is 5.98. The monoisotopic (exact) mass is 418 g/mol. The highest BCUT2D eigenvalue weighted by Crippen LogP contribution is 2.38. The Morgan fingerprint density at radius 1 is 0.724 bits per heavy atom. The SMILES string of the molecule is CCCCC(CC)CC(O)(OC(O)C(CC)C(O)CCC)C(CC)C(O)CCC. The van der Waals surface area contributed by atoms with E-state index in [9.17, 15) is 20.4 Å². The predicted octanol–water partition coefficient (Wildman–Crippen LogP) is 4.99. The Morgan fingerprint density at radius 3 is 1.76 bits per heavy atom. The van der Waals surface area contributed by atoms with Gasteiger partial charge in [-0.1, -0.05) is 80.1 Å². The van der Waals surface area contributed by atoms with E-state index in [-0.39, 0.29) is 5.92 Å². The number of hydrogen-bond donors (Lipinski definition) is 4. The number of rotatable bonds is 18. The summed E-state index contributed by atoms with van der Waals surface area (Å²) in [6, 6.07) is 0. The molecule has 7 atom stereocenters. The second-order valence-electron chi connectivity index (χ2n) is 8.77. The van der Waals surface area contributed by atoms with Crippen molar-refractivity contribution in [3.63, 3.8) is 0 Å². The van der Waals surface area contributed by atoms with Gasteiger partial charge in [-0.05, 0) is 31.6 Å². The quantitative estimate of drug-likeness (QED) is 0.235. The summed E-state index contributed by atoms with van der Waals surface area (Å²) in [5.41, 5.74) is 0. The van der Waals surface area contributed by atoms with Gasteiger partial charge < -0.3 is 25.2 Å². The minimum Gasteiger partial charge on any atom is -0.393 e. The summed E-state index contributed by atoms with van der Waals surface area (Å²) in [7, 11) is 0. The van der Waals surface area contributed by atoms with Gasteiger partial charge in [-0.25, -0.2) is 0 Å². The number of unbranched alkanes of at least 4 members (excludes halogenated alkanes) is 1. The second kappa shape index (κ2) is 15.6. The number of aliphatic hydroxyl groups excluding tert-OH is 3. The van der Waals surface area contributed by atoms with Gasteiger partial charge in [-0.2, -0.15) is 0 Å². The topological polar surface area (TPSA) is 90.2 Å². The van der Waals surface area contributed by atoms with Crippen LogP contribution in [0.4, 0.5) is 0 Å². The third-order valence-corrected chi connectivity index (χ3v) is 6.43. The first-order valence-corrected chi connectivity index (χ1v) is 12.2. The van der Waals surface area contributed by atoms with Crippen molar-refractivity contribution in [1.82, 2.24) is 0 Å². The van der Waals surface area contributed by atoms with Gasteiger partial charge in [0, 0.05) is 18.3 Å². The Balaban J connectivity index is 5.68. The third-order valence-electron chi connectivity index (χ3n) is 6.43. The van der Waals surface area contributed by atoms with Gasteiger partial charge in [0.1, 0.15) is 0 Å². The first kappa shape index (κ1) is 28.8. The van der Waals surface area contributed by atoms with Crippen molar-refractivity contribution in [3.05, 3.63) is 0 Å². The highest BCUT2D eigenvalue weighted by atomic mass is 16.7. The van der Waals surface area contributed by atoms with Crippen molar-refractivity contribution >= 4 is 0 Å². The maximum Gasteiger partial charge on any atom is 0.174 e. The summed E-state index contributed by atoms with van der Waals surface area (Å²) in [5.74, 6) is -2.29. The van der Waals surface area contributed by atoms with Gasteiger partial charge in [0.2, 0.25) is 0 Å². The maximum atomic E-state index is 11.7. The molecule has 0 fully saturated rings. The molecule has 5 nitrogen and oxygen atoms in total. The fraction of sp³-hybridized carbons (Fsp3) is 1.00. The van der Waals surface area contributed by atoms with E-state index in [1.165, 1.54) is 0 Å². The summed E-state index contributed by atoms with van der Waals surface area (Å²) >= 11 is 0. The fourth-order valence-corrected chi connectivity index (χ4v) is 4.50. The molecule has 7 unspecified atom stereocenters. The van der Waals surface area contributed by atoms with Crippen molar-refractivity contribution in [2.45, 2.75) is 136 Å². The van der Waals surface area contributed by atoms with Crippen LogP contribution in [0.15, 0.2) is 0 Å². The molecule has 0 aliphatic heterocycles. The van der Waals surface area contributed by atoms with Gasteiger partial charge >= 0.3 is 0 Å². The second-order valence-corrected chi connectivity index (χ2v) is 8.77. The molecule has 4 N–H and O–H groups in total. The van der Waals surface area contributed by atoms with Crippen LogP contribution in [0.3, 0.4) is 0 Å². The molecule has 0 rings (SSSR count). The lowest BCUT2D eigenvalue weighted by Crippen LogP contribution is -2.51. The van der Waals surface area contributed by atoms with Gasteiger partial charge in [0.05, 0.1) is 12.2 Å². The van der Waals surface area contributed by atoms with Gasteiger partial charge in [-0.15, -0.1) is 0 Å². The molecule has 29 heavy (non-hydrogen) atoms. The minimum absolute atomic E-state index is 0.260.